The van der Waals surface area contributed by atoms with E-state index in [0.717, 1.165) is 83.5 Å². The normalized spacial score (nSPS) is 12.4. The van der Waals surface area contributed by atoms with Gasteiger partial charge in [-0.1, -0.05) is 345 Å². The van der Waals surface area contributed by atoms with E-state index in [4.69, 9.17) is 14.2 Å². The molecule has 0 saturated carbocycles. The maximum Gasteiger partial charge on any atom is 0.306 e. The van der Waals surface area contributed by atoms with E-state index in [-0.39, 0.29) is 31.1 Å². The van der Waals surface area contributed by atoms with Crippen LogP contribution in [-0.2, 0) is 28.6 Å². The van der Waals surface area contributed by atoms with Crippen molar-refractivity contribution in [1.82, 2.24) is 0 Å². The largest absolute Gasteiger partial charge is 0.462 e. The highest BCUT2D eigenvalue weighted by atomic mass is 16.6. The monoisotopic (exact) mass is 1150 g/mol. The van der Waals surface area contributed by atoms with Gasteiger partial charge in [-0.25, -0.2) is 0 Å². The smallest absolute Gasteiger partial charge is 0.306 e. The number of rotatable bonds is 67. The lowest BCUT2D eigenvalue weighted by Crippen LogP contribution is -2.30. The molecule has 478 valence electrons. The maximum absolute atomic E-state index is 13.0. The zero-order chi connectivity index (χ0) is 59.2. The number of hydrogen-bond donors (Lipinski definition) is 0. The summed E-state index contributed by atoms with van der Waals surface area (Å²) < 4.78 is 17.0. The molecule has 0 bridgehead atoms. The maximum atomic E-state index is 13.0. The molecule has 0 aliphatic rings. The van der Waals surface area contributed by atoms with Gasteiger partial charge in [0.1, 0.15) is 13.2 Å². The minimum atomic E-state index is -0.779. The summed E-state index contributed by atoms with van der Waals surface area (Å²) in [6, 6.07) is 0. The van der Waals surface area contributed by atoms with Gasteiger partial charge in [0.25, 0.3) is 0 Å². The lowest BCUT2D eigenvalue weighted by molar-refractivity contribution is -0.167. The zero-order valence-corrected chi connectivity index (χ0v) is 55.0. The van der Waals surface area contributed by atoms with Crippen molar-refractivity contribution in [1.29, 1.82) is 0 Å². The minimum Gasteiger partial charge on any atom is -0.462 e. The summed E-state index contributed by atoms with van der Waals surface area (Å²) in [5.74, 6) is -0.855. The predicted octanol–water partition coefficient (Wildman–Crippen LogP) is 25.1. The number of hydrogen-bond acceptors (Lipinski definition) is 6. The molecule has 6 nitrogen and oxygen atoms in total. The van der Waals surface area contributed by atoms with Crippen LogP contribution in [-0.4, -0.2) is 37.2 Å². The number of carbonyl (C=O) groups excluding carboxylic acids is 3. The zero-order valence-electron chi connectivity index (χ0n) is 55.0. The topological polar surface area (TPSA) is 78.9 Å². The summed E-state index contributed by atoms with van der Waals surface area (Å²) in [4.78, 5) is 38.5. The van der Waals surface area contributed by atoms with Crippen molar-refractivity contribution in [3.8, 4) is 0 Å². The minimum absolute atomic E-state index is 0.0728. The van der Waals surface area contributed by atoms with Crippen molar-refractivity contribution in [2.24, 2.45) is 0 Å². The molecule has 0 spiro atoms. The van der Waals surface area contributed by atoms with E-state index in [1.165, 1.54) is 263 Å². The molecule has 0 N–H and O–H groups in total. The van der Waals surface area contributed by atoms with Gasteiger partial charge in [0.05, 0.1) is 0 Å². The third-order valence-electron chi connectivity index (χ3n) is 16.3. The van der Waals surface area contributed by atoms with Crippen LogP contribution < -0.4 is 0 Å². The van der Waals surface area contributed by atoms with Crippen LogP contribution in [0.25, 0.3) is 0 Å². The molecule has 0 aliphatic carbocycles. The van der Waals surface area contributed by atoms with E-state index in [1.54, 1.807) is 0 Å². The molecule has 0 aromatic heterocycles. The molecule has 1 atom stereocenters. The molecule has 0 heterocycles. The van der Waals surface area contributed by atoms with Gasteiger partial charge in [0.15, 0.2) is 6.10 Å². The standard InChI is InChI=1S/C76H138O6/c1-4-7-10-13-16-19-22-25-28-31-33-35-37-39-40-42-45-48-51-54-57-60-63-66-69-75(78)81-72-73(71-80-74(77)68-65-62-59-56-53-50-47-44-30-27-24-21-18-15-12-9-6-3)82-76(79)70-67-64-61-58-55-52-49-46-43-41-38-36-34-32-29-26-23-20-17-14-11-8-5-2/h8,11,17,20,26-27,29-30,34,36,73H,4-7,9-10,12-16,18-19,21-25,28,31-33,35,37-72H2,1-3H3/b11-8-,20-17-,29-26-,30-27-,36-34-. The van der Waals surface area contributed by atoms with Crippen LogP contribution in [0.15, 0.2) is 60.8 Å². The first kappa shape index (κ1) is 79.1. The second-order valence-corrected chi connectivity index (χ2v) is 24.5. The first-order chi connectivity index (χ1) is 40.5. The second-order valence-electron chi connectivity index (χ2n) is 24.5. The Bertz CT molecular complexity index is 1460. The molecule has 0 fully saturated rings. The highest BCUT2D eigenvalue weighted by Gasteiger charge is 2.19. The number of esters is 3. The van der Waals surface area contributed by atoms with Gasteiger partial charge in [-0.3, -0.25) is 14.4 Å². The van der Waals surface area contributed by atoms with Gasteiger partial charge in [0.2, 0.25) is 0 Å². The Balaban J connectivity index is 4.31. The van der Waals surface area contributed by atoms with Crippen molar-refractivity contribution >= 4 is 17.9 Å². The van der Waals surface area contributed by atoms with Crippen LogP contribution in [0.5, 0.6) is 0 Å². The van der Waals surface area contributed by atoms with E-state index in [2.05, 4.69) is 81.5 Å². The lowest BCUT2D eigenvalue weighted by Gasteiger charge is -2.18. The molecular weight excluding hydrogens is 1010 g/mol. The predicted molar refractivity (Wildman–Crippen MR) is 358 cm³/mol. The summed E-state index contributed by atoms with van der Waals surface area (Å²) in [7, 11) is 0. The first-order valence-corrected chi connectivity index (χ1v) is 36.3. The van der Waals surface area contributed by atoms with Gasteiger partial charge < -0.3 is 14.2 Å². The van der Waals surface area contributed by atoms with Crippen molar-refractivity contribution in [3.63, 3.8) is 0 Å². The molecule has 0 amide bonds. The molecular formula is C76H138O6. The molecule has 0 radical (unpaired) electrons. The van der Waals surface area contributed by atoms with Gasteiger partial charge >= 0.3 is 17.9 Å². The van der Waals surface area contributed by atoms with Crippen molar-refractivity contribution in [2.75, 3.05) is 13.2 Å². The van der Waals surface area contributed by atoms with E-state index in [9.17, 15) is 14.4 Å². The third kappa shape index (κ3) is 67.9. The fourth-order valence-corrected chi connectivity index (χ4v) is 10.8. The Morgan fingerprint density at radius 1 is 0.256 bits per heavy atom. The van der Waals surface area contributed by atoms with Crippen LogP contribution in [0.2, 0.25) is 0 Å². The second kappa shape index (κ2) is 70.6. The van der Waals surface area contributed by atoms with E-state index < -0.39 is 6.10 Å². The molecule has 6 heteroatoms. The highest BCUT2D eigenvalue weighted by Crippen LogP contribution is 2.18. The SMILES string of the molecule is CC/C=C\C/C=C\C/C=C\C/C=C\CCCCCCCCCCCCC(=O)OC(COC(=O)CCCCCCCCC/C=C\CCCCCCCC)COC(=O)CCCCCCCCCCCCCCCCCCCCCCCCCC. The van der Waals surface area contributed by atoms with Crippen LogP contribution in [0.4, 0.5) is 0 Å². The Morgan fingerprint density at radius 3 is 0.756 bits per heavy atom. The summed E-state index contributed by atoms with van der Waals surface area (Å²) in [5.41, 5.74) is 0. The fourth-order valence-electron chi connectivity index (χ4n) is 10.8. The molecule has 1 unspecified atom stereocenters. The average Bonchev–Trinajstić information content (AvgIpc) is 3.47. The lowest BCUT2D eigenvalue weighted by atomic mass is 10.0. The van der Waals surface area contributed by atoms with E-state index in [1.807, 2.05) is 0 Å². The van der Waals surface area contributed by atoms with Gasteiger partial charge in [-0.15, -0.1) is 0 Å². The molecule has 0 aliphatic heterocycles. The summed E-state index contributed by atoms with van der Waals surface area (Å²) >= 11 is 0. The van der Waals surface area contributed by atoms with Crippen LogP contribution in [0.1, 0.15) is 387 Å². The molecule has 0 aromatic carbocycles. The van der Waals surface area contributed by atoms with E-state index in [0.29, 0.717) is 19.3 Å². The van der Waals surface area contributed by atoms with Crippen LogP contribution in [0, 0.1) is 0 Å². The Morgan fingerprint density at radius 2 is 0.476 bits per heavy atom. The van der Waals surface area contributed by atoms with E-state index >= 15 is 0 Å². The number of allylic oxidation sites excluding steroid dienone is 10. The van der Waals surface area contributed by atoms with Crippen LogP contribution >= 0.6 is 0 Å². The molecule has 82 heavy (non-hydrogen) atoms. The molecule has 0 saturated heterocycles. The quantitative estimate of drug-likeness (QED) is 0.0261. The summed E-state index contributed by atoms with van der Waals surface area (Å²) in [6.45, 7) is 6.59. The number of unbranched alkanes of at least 4 members (excludes halogenated alkanes) is 46. The van der Waals surface area contributed by atoms with Crippen molar-refractivity contribution < 1.29 is 28.6 Å². The number of carbonyl (C=O) groups is 3. The average molecular weight is 1150 g/mol. The number of ether oxygens (including phenoxy) is 3. The summed E-state index contributed by atoms with van der Waals surface area (Å²) in [6.07, 6.45) is 91.1. The Kier molecular flexibility index (Phi) is 68.1. The Labute approximate surface area is 510 Å². The van der Waals surface area contributed by atoms with Crippen LogP contribution in [0.3, 0.4) is 0 Å². The molecule has 0 rings (SSSR count). The highest BCUT2D eigenvalue weighted by molar-refractivity contribution is 5.71. The first-order valence-electron chi connectivity index (χ1n) is 36.3. The van der Waals surface area contributed by atoms with Gasteiger partial charge in [-0.05, 0) is 83.5 Å². The Hall–Kier alpha value is -2.89. The summed E-state index contributed by atoms with van der Waals surface area (Å²) in [5, 5.41) is 0. The van der Waals surface area contributed by atoms with Crippen molar-refractivity contribution in [2.45, 2.75) is 393 Å². The fraction of sp³-hybridized carbons (Fsp3) is 0.829. The van der Waals surface area contributed by atoms with Gasteiger partial charge in [-0.2, -0.15) is 0 Å². The third-order valence-corrected chi connectivity index (χ3v) is 16.3. The van der Waals surface area contributed by atoms with Crippen molar-refractivity contribution in [3.05, 3.63) is 60.8 Å². The molecule has 0 aromatic rings. The van der Waals surface area contributed by atoms with Gasteiger partial charge in [0, 0.05) is 19.3 Å².